The Labute approximate surface area is 153 Å². The largest absolute Gasteiger partial charge is 0.356 e. The number of nitrogens with one attached hydrogen (secondary N) is 1. The summed E-state index contributed by atoms with van der Waals surface area (Å²) in [4.78, 5) is 15.7. The van der Waals surface area contributed by atoms with Crippen LogP contribution in [0.5, 0.6) is 0 Å². The standard InChI is InChI=1S/C19H12Cl2N2O2/c1-10-9-14(25-23-10)17-15(11-5-3-2-4-6-11)16-13(22-19(17)24)8-7-12(20)18(16)21/h2-9H,1H3,(H,22,24). The predicted molar refractivity (Wildman–Crippen MR) is 100 cm³/mol. The fourth-order valence-corrected chi connectivity index (χ4v) is 3.35. The molecule has 2 aromatic carbocycles. The number of benzene rings is 2. The van der Waals surface area contributed by atoms with E-state index in [0.717, 1.165) is 5.56 Å². The molecule has 4 rings (SSSR count). The molecule has 2 aromatic heterocycles. The molecule has 4 aromatic rings. The van der Waals surface area contributed by atoms with Crippen molar-refractivity contribution in [2.75, 3.05) is 0 Å². The van der Waals surface area contributed by atoms with Gasteiger partial charge in [-0.15, -0.1) is 0 Å². The monoisotopic (exact) mass is 370 g/mol. The molecule has 0 atom stereocenters. The summed E-state index contributed by atoms with van der Waals surface area (Å²) in [5.74, 6) is 0.385. The molecule has 0 saturated carbocycles. The average Bonchev–Trinajstić information content (AvgIpc) is 3.04. The summed E-state index contributed by atoms with van der Waals surface area (Å²) in [6.45, 7) is 1.80. The Morgan fingerprint density at radius 2 is 1.80 bits per heavy atom. The number of hydrogen-bond donors (Lipinski definition) is 1. The van der Waals surface area contributed by atoms with Gasteiger partial charge in [-0.2, -0.15) is 0 Å². The maximum absolute atomic E-state index is 12.8. The van der Waals surface area contributed by atoms with Crippen molar-refractivity contribution in [2.24, 2.45) is 0 Å². The third kappa shape index (κ3) is 2.64. The number of nitrogens with zero attached hydrogens (tertiary/aromatic N) is 1. The van der Waals surface area contributed by atoms with Crippen molar-refractivity contribution >= 4 is 34.1 Å². The van der Waals surface area contributed by atoms with E-state index in [2.05, 4.69) is 10.1 Å². The van der Waals surface area contributed by atoms with Crippen molar-refractivity contribution in [1.82, 2.24) is 10.1 Å². The summed E-state index contributed by atoms with van der Waals surface area (Å²) >= 11 is 12.7. The van der Waals surface area contributed by atoms with Crippen LogP contribution in [-0.4, -0.2) is 10.1 Å². The SMILES string of the molecule is Cc1cc(-c2c(-c3ccccc3)c3c(Cl)c(Cl)ccc3[nH]c2=O)on1. The Bertz CT molecular complexity index is 1150. The Morgan fingerprint density at radius 3 is 2.48 bits per heavy atom. The van der Waals surface area contributed by atoms with Crippen LogP contribution in [0.4, 0.5) is 0 Å². The minimum atomic E-state index is -0.277. The molecular formula is C19H12Cl2N2O2. The summed E-state index contributed by atoms with van der Waals surface area (Å²) in [5.41, 5.74) is 2.91. The van der Waals surface area contributed by atoms with Gasteiger partial charge in [0.05, 0.1) is 26.8 Å². The Kier molecular flexibility index (Phi) is 3.86. The molecule has 2 heterocycles. The van der Waals surface area contributed by atoms with Gasteiger partial charge in [0, 0.05) is 17.0 Å². The first-order valence-corrected chi connectivity index (χ1v) is 8.35. The predicted octanol–water partition coefficient (Wildman–Crippen LogP) is 5.47. The molecule has 0 amide bonds. The lowest BCUT2D eigenvalue weighted by Crippen LogP contribution is -2.11. The molecule has 0 spiro atoms. The van der Waals surface area contributed by atoms with Gasteiger partial charge in [-0.3, -0.25) is 4.79 Å². The molecule has 0 aliphatic rings. The van der Waals surface area contributed by atoms with E-state index in [1.165, 1.54) is 0 Å². The Morgan fingerprint density at radius 1 is 1.04 bits per heavy atom. The van der Waals surface area contributed by atoms with E-state index in [9.17, 15) is 4.79 Å². The van der Waals surface area contributed by atoms with Gasteiger partial charge in [-0.1, -0.05) is 58.7 Å². The fraction of sp³-hybridized carbons (Fsp3) is 0.0526. The molecule has 25 heavy (non-hydrogen) atoms. The number of H-pyrrole nitrogens is 1. The van der Waals surface area contributed by atoms with E-state index in [1.54, 1.807) is 25.1 Å². The second-order valence-corrected chi connectivity index (χ2v) is 6.47. The van der Waals surface area contributed by atoms with Gasteiger partial charge in [0.25, 0.3) is 5.56 Å². The lowest BCUT2D eigenvalue weighted by molar-refractivity contribution is 0.427. The van der Waals surface area contributed by atoms with Crippen molar-refractivity contribution in [3.8, 4) is 22.5 Å². The van der Waals surface area contributed by atoms with Crippen LogP contribution in [0.1, 0.15) is 5.69 Å². The number of aromatic nitrogens is 2. The van der Waals surface area contributed by atoms with E-state index in [0.29, 0.717) is 43.5 Å². The maximum Gasteiger partial charge on any atom is 0.260 e. The van der Waals surface area contributed by atoms with E-state index < -0.39 is 0 Å². The lowest BCUT2D eigenvalue weighted by atomic mass is 9.95. The van der Waals surface area contributed by atoms with Crippen LogP contribution in [-0.2, 0) is 0 Å². The number of aryl methyl sites for hydroxylation is 1. The first kappa shape index (κ1) is 15.9. The summed E-state index contributed by atoms with van der Waals surface area (Å²) < 4.78 is 5.37. The molecule has 0 aliphatic heterocycles. The van der Waals surface area contributed by atoms with Crippen molar-refractivity contribution in [3.63, 3.8) is 0 Å². The number of hydrogen-bond acceptors (Lipinski definition) is 3. The van der Waals surface area contributed by atoms with Gasteiger partial charge in [-0.05, 0) is 24.6 Å². The van der Waals surface area contributed by atoms with Crippen molar-refractivity contribution in [3.05, 3.63) is 74.6 Å². The smallest absolute Gasteiger partial charge is 0.260 e. The third-order valence-corrected chi connectivity index (χ3v) is 4.81. The molecular weight excluding hydrogens is 359 g/mol. The summed E-state index contributed by atoms with van der Waals surface area (Å²) in [6.07, 6.45) is 0. The second kappa shape index (κ2) is 6.06. The van der Waals surface area contributed by atoms with Crippen LogP contribution in [0.3, 0.4) is 0 Å². The number of rotatable bonds is 2. The molecule has 0 saturated heterocycles. The zero-order valence-electron chi connectivity index (χ0n) is 13.1. The highest BCUT2D eigenvalue weighted by molar-refractivity contribution is 6.46. The molecule has 0 bridgehead atoms. The quantitative estimate of drug-likeness (QED) is 0.509. The highest BCUT2D eigenvalue weighted by atomic mass is 35.5. The molecule has 0 unspecified atom stereocenters. The lowest BCUT2D eigenvalue weighted by Gasteiger charge is -2.13. The highest BCUT2D eigenvalue weighted by Gasteiger charge is 2.21. The van der Waals surface area contributed by atoms with Crippen molar-refractivity contribution < 1.29 is 4.52 Å². The van der Waals surface area contributed by atoms with Gasteiger partial charge < -0.3 is 9.51 Å². The molecule has 0 fully saturated rings. The van der Waals surface area contributed by atoms with Crippen LogP contribution >= 0.6 is 23.2 Å². The van der Waals surface area contributed by atoms with E-state index in [1.807, 2.05) is 30.3 Å². The van der Waals surface area contributed by atoms with Crippen molar-refractivity contribution in [1.29, 1.82) is 0 Å². The number of halogens is 2. The molecule has 6 heteroatoms. The first-order chi connectivity index (χ1) is 12.1. The summed E-state index contributed by atoms with van der Waals surface area (Å²) in [6, 6.07) is 14.7. The van der Waals surface area contributed by atoms with E-state index in [4.69, 9.17) is 27.7 Å². The summed E-state index contributed by atoms with van der Waals surface area (Å²) in [7, 11) is 0. The van der Waals surface area contributed by atoms with Gasteiger partial charge in [0.1, 0.15) is 0 Å². The van der Waals surface area contributed by atoms with Crippen LogP contribution in [0.15, 0.2) is 57.8 Å². The van der Waals surface area contributed by atoms with Gasteiger partial charge in [0.15, 0.2) is 5.76 Å². The minimum Gasteiger partial charge on any atom is -0.356 e. The zero-order chi connectivity index (χ0) is 17.6. The van der Waals surface area contributed by atoms with Gasteiger partial charge in [-0.25, -0.2) is 0 Å². The molecule has 0 radical (unpaired) electrons. The topological polar surface area (TPSA) is 58.9 Å². The van der Waals surface area contributed by atoms with Crippen LogP contribution in [0.25, 0.3) is 33.4 Å². The van der Waals surface area contributed by atoms with Gasteiger partial charge in [0.2, 0.25) is 0 Å². The van der Waals surface area contributed by atoms with E-state index >= 15 is 0 Å². The number of aromatic amines is 1. The first-order valence-electron chi connectivity index (χ1n) is 7.59. The Hall–Kier alpha value is -2.56. The fourth-order valence-electron chi connectivity index (χ4n) is 2.93. The highest BCUT2D eigenvalue weighted by Crippen LogP contribution is 2.40. The minimum absolute atomic E-state index is 0.277. The van der Waals surface area contributed by atoms with Crippen LogP contribution < -0.4 is 5.56 Å². The van der Waals surface area contributed by atoms with Crippen LogP contribution in [0.2, 0.25) is 10.0 Å². The maximum atomic E-state index is 12.8. The molecule has 1 N–H and O–H groups in total. The molecule has 124 valence electrons. The molecule has 0 aliphatic carbocycles. The average molecular weight is 371 g/mol. The van der Waals surface area contributed by atoms with Crippen LogP contribution in [0, 0.1) is 6.92 Å². The number of pyridine rings is 1. The zero-order valence-corrected chi connectivity index (χ0v) is 14.7. The van der Waals surface area contributed by atoms with Crippen molar-refractivity contribution in [2.45, 2.75) is 6.92 Å². The molecule has 4 nitrogen and oxygen atoms in total. The Balaban J connectivity index is 2.23. The third-order valence-electron chi connectivity index (χ3n) is 4.01. The normalized spacial score (nSPS) is 11.2. The van der Waals surface area contributed by atoms with Gasteiger partial charge >= 0.3 is 0 Å². The summed E-state index contributed by atoms with van der Waals surface area (Å²) in [5, 5.41) is 5.37. The number of fused-ring (bicyclic) bond motifs is 1. The second-order valence-electron chi connectivity index (χ2n) is 5.69. The van der Waals surface area contributed by atoms with E-state index in [-0.39, 0.29) is 5.56 Å².